The predicted molar refractivity (Wildman–Crippen MR) is 76.7 cm³/mol. The maximum Gasteiger partial charge on any atom is 0.252 e. The summed E-state index contributed by atoms with van der Waals surface area (Å²) < 4.78 is 0.936. The Morgan fingerprint density at radius 1 is 1.47 bits per heavy atom. The number of halogens is 2. The Kier molecular flexibility index (Phi) is 6.16. The lowest BCUT2D eigenvalue weighted by atomic mass is 10.0. The molecule has 5 heteroatoms. The van der Waals surface area contributed by atoms with E-state index in [-0.39, 0.29) is 23.9 Å². The molecule has 0 aliphatic heterocycles. The topological polar surface area (TPSA) is 55.1 Å². The summed E-state index contributed by atoms with van der Waals surface area (Å²) in [4.78, 5) is 12.0. The standard InChI is InChI=1S/C12H17BrN2O.ClH/c1-8-9(5-4-6-10(8)13)11(16)15-12(2,3)7-14;/h4-6H,7,14H2,1-3H3,(H,15,16);1H. The average Bonchev–Trinajstić information content (AvgIpc) is 2.21. The van der Waals surface area contributed by atoms with Crippen LogP contribution in [0.4, 0.5) is 0 Å². The Hall–Kier alpha value is -0.580. The molecule has 0 fully saturated rings. The van der Waals surface area contributed by atoms with Gasteiger partial charge >= 0.3 is 0 Å². The van der Waals surface area contributed by atoms with Gasteiger partial charge in [0.05, 0.1) is 0 Å². The van der Waals surface area contributed by atoms with Crippen molar-refractivity contribution in [1.29, 1.82) is 0 Å². The number of amides is 1. The molecule has 17 heavy (non-hydrogen) atoms. The average molecular weight is 322 g/mol. The van der Waals surface area contributed by atoms with Gasteiger partial charge in [-0.15, -0.1) is 12.4 Å². The van der Waals surface area contributed by atoms with E-state index < -0.39 is 0 Å². The number of benzene rings is 1. The van der Waals surface area contributed by atoms with Crippen molar-refractivity contribution in [2.75, 3.05) is 6.54 Å². The minimum Gasteiger partial charge on any atom is -0.346 e. The number of rotatable bonds is 3. The third-order valence-electron chi connectivity index (χ3n) is 2.47. The molecule has 0 aliphatic rings. The zero-order valence-corrected chi connectivity index (χ0v) is 12.6. The van der Waals surface area contributed by atoms with Crippen LogP contribution in [0.5, 0.6) is 0 Å². The van der Waals surface area contributed by atoms with Crippen molar-refractivity contribution in [1.82, 2.24) is 5.32 Å². The molecule has 96 valence electrons. The number of hydrogen-bond donors (Lipinski definition) is 2. The van der Waals surface area contributed by atoms with Crippen LogP contribution in [0.1, 0.15) is 29.8 Å². The first-order valence-corrected chi connectivity index (χ1v) is 5.94. The second-order valence-electron chi connectivity index (χ2n) is 4.45. The Morgan fingerprint density at radius 3 is 2.59 bits per heavy atom. The highest BCUT2D eigenvalue weighted by Crippen LogP contribution is 2.19. The van der Waals surface area contributed by atoms with Gasteiger partial charge in [-0.1, -0.05) is 22.0 Å². The SMILES string of the molecule is Cc1c(Br)cccc1C(=O)NC(C)(C)CN.Cl. The lowest BCUT2D eigenvalue weighted by Crippen LogP contribution is -2.49. The van der Waals surface area contributed by atoms with E-state index in [4.69, 9.17) is 5.73 Å². The molecule has 3 N–H and O–H groups in total. The van der Waals surface area contributed by atoms with Crippen LogP contribution in [0.2, 0.25) is 0 Å². The van der Waals surface area contributed by atoms with E-state index in [0.29, 0.717) is 12.1 Å². The van der Waals surface area contributed by atoms with Crippen LogP contribution in [0.25, 0.3) is 0 Å². The number of carbonyl (C=O) groups excluding carboxylic acids is 1. The van der Waals surface area contributed by atoms with Crippen molar-refractivity contribution in [3.05, 3.63) is 33.8 Å². The normalized spacial score (nSPS) is 10.6. The molecule has 0 aromatic heterocycles. The Labute approximate surface area is 117 Å². The van der Waals surface area contributed by atoms with Crippen molar-refractivity contribution >= 4 is 34.2 Å². The van der Waals surface area contributed by atoms with Crippen molar-refractivity contribution in [2.24, 2.45) is 5.73 Å². The van der Waals surface area contributed by atoms with Crippen LogP contribution in [0.15, 0.2) is 22.7 Å². The zero-order valence-electron chi connectivity index (χ0n) is 10.2. The fourth-order valence-electron chi connectivity index (χ4n) is 1.28. The number of nitrogens with two attached hydrogens (primary N) is 1. The van der Waals surface area contributed by atoms with Gasteiger partial charge in [-0.25, -0.2) is 0 Å². The van der Waals surface area contributed by atoms with E-state index in [1.165, 1.54) is 0 Å². The third kappa shape index (κ3) is 4.30. The first-order chi connectivity index (χ1) is 7.37. The first kappa shape index (κ1) is 16.4. The third-order valence-corrected chi connectivity index (χ3v) is 3.33. The molecule has 0 radical (unpaired) electrons. The maximum atomic E-state index is 12.0. The smallest absolute Gasteiger partial charge is 0.252 e. The molecule has 3 nitrogen and oxygen atoms in total. The van der Waals surface area contributed by atoms with Crippen molar-refractivity contribution in [3.8, 4) is 0 Å². The molecule has 1 aromatic rings. The Balaban J connectivity index is 0.00000256. The zero-order chi connectivity index (χ0) is 12.3. The van der Waals surface area contributed by atoms with Gasteiger partial charge in [0.15, 0.2) is 0 Å². The van der Waals surface area contributed by atoms with E-state index >= 15 is 0 Å². The quantitative estimate of drug-likeness (QED) is 0.899. The molecule has 1 rings (SSSR count). The highest BCUT2D eigenvalue weighted by molar-refractivity contribution is 9.10. The summed E-state index contributed by atoms with van der Waals surface area (Å²) in [5.41, 5.74) is 6.81. The highest BCUT2D eigenvalue weighted by atomic mass is 79.9. The molecule has 0 aliphatic carbocycles. The molecule has 0 spiro atoms. The second-order valence-corrected chi connectivity index (χ2v) is 5.31. The molecule has 1 aromatic carbocycles. The van der Waals surface area contributed by atoms with Gasteiger partial charge in [0.2, 0.25) is 0 Å². The van der Waals surface area contributed by atoms with E-state index in [1.54, 1.807) is 0 Å². The van der Waals surface area contributed by atoms with Gasteiger partial charge in [-0.05, 0) is 38.5 Å². The lowest BCUT2D eigenvalue weighted by molar-refractivity contribution is 0.0915. The molecule has 0 bridgehead atoms. The van der Waals surface area contributed by atoms with Gasteiger partial charge < -0.3 is 11.1 Å². The summed E-state index contributed by atoms with van der Waals surface area (Å²) in [7, 11) is 0. The van der Waals surface area contributed by atoms with Gasteiger partial charge in [-0.2, -0.15) is 0 Å². The molecular weight excluding hydrogens is 304 g/mol. The Bertz CT molecular complexity index is 407. The number of nitrogens with one attached hydrogen (secondary N) is 1. The summed E-state index contributed by atoms with van der Waals surface area (Å²) in [6.07, 6.45) is 0. The molecule has 1 amide bonds. The molecule has 0 saturated carbocycles. The van der Waals surface area contributed by atoms with E-state index in [2.05, 4.69) is 21.2 Å². The summed E-state index contributed by atoms with van der Waals surface area (Å²) >= 11 is 3.41. The summed E-state index contributed by atoms with van der Waals surface area (Å²) in [5.74, 6) is -0.0887. The molecule has 0 unspecified atom stereocenters. The minimum absolute atomic E-state index is 0. The van der Waals surface area contributed by atoms with Crippen LogP contribution >= 0.6 is 28.3 Å². The number of hydrogen-bond acceptors (Lipinski definition) is 2. The lowest BCUT2D eigenvalue weighted by Gasteiger charge is -2.24. The monoisotopic (exact) mass is 320 g/mol. The number of carbonyl (C=O) groups is 1. The van der Waals surface area contributed by atoms with E-state index in [1.807, 2.05) is 39.0 Å². The molecular formula is C12H18BrClN2O. The van der Waals surface area contributed by atoms with Crippen molar-refractivity contribution in [2.45, 2.75) is 26.3 Å². The van der Waals surface area contributed by atoms with Crippen LogP contribution < -0.4 is 11.1 Å². The van der Waals surface area contributed by atoms with Crippen LogP contribution in [0, 0.1) is 6.92 Å². The van der Waals surface area contributed by atoms with Gasteiger partial charge in [-0.3, -0.25) is 4.79 Å². The maximum absolute atomic E-state index is 12.0. The first-order valence-electron chi connectivity index (χ1n) is 5.15. The van der Waals surface area contributed by atoms with Gasteiger partial charge in [0.1, 0.15) is 0 Å². The van der Waals surface area contributed by atoms with E-state index in [0.717, 1.165) is 10.0 Å². The predicted octanol–water partition coefficient (Wildman–Crippen LogP) is 2.65. The molecule has 0 saturated heterocycles. The van der Waals surface area contributed by atoms with Crippen LogP contribution in [-0.4, -0.2) is 18.0 Å². The fraction of sp³-hybridized carbons (Fsp3) is 0.417. The summed E-state index contributed by atoms with van der Waals surface area (Å²) in [6.45, 7) is 6.12. The largest absolute Gasteiger partial charge is 0.346 e. The second kappa shape index (κ2) is 6.38. The fourth-order valence-corrected chi connectivity index (χ4v) is 1.65. The van der Waals surface area contributed by atoms with Crippen molar-refractivity contribution < 1.29 is 4.79 Å². The summed E-state index contributed by atoms with van der Waals surface area (Å²) in [6, 6.07) is 5.57. The summed E-state index contributed by atoms with van der Waals surface area (Å²) in [5, 5.41) is 2.91. The molecule has 0 atom stereocenters. The van der Waals surface area contributed by atoms with Gasteiger partial charge in [0.25, 0.3) is 5.91 Å². The Morgan fingerprint density at radius 2 is 2.06 bits per heavy atom. The minimum atomic E-state index is -0.383. The molecule has 0 heterocycles. The van der Waals surface area contributed by atoms with E-state index in [9.17, 15) is 4.79 Å². The van der Waals surface area contributed by atoms with Crippen molar-refractivity contribution in [3.63, 3.8) is 0 Å². The van der Waals surface area contributed by atoms with Gasteiger partial charge in [0, 0.05) is 22.1 Å². The highest BCUT2D eigenvalue weighted by Gasteiger charge is 2.20. The van der Waals surface area contributed by atoms with Crippen LogP contribution in [0.3, 0.4) is 0 Å². The van der Waals surface area contributed by atoms with Crippen LogP contribution in [-0.2, 0) is 0 Å².